The molecule has 0 heterocycles. The van der Waals surface area contributed by atoms with Crippen molar-refractivity contribution in [1.29, 1.82) is 0 Å². The molecule has 0 aliphatic carbocycles. The third kappa shape index (κ3) is 3.76. The van der Waals surface area contributed by atoms with Gasteiger partial charge in [-0.3, -0.25) is 0 Å². The van der Waals surface area contributed by atoms with Crippen LogP contribution in [0.2, 0.25) is 0 Å². The van der Waals surface area contributed by atoms with E-state index >= 15 is 0 Å². The molecule has 0 bridgehead atoms. The molecule has 0 unspecified atom stereocenters. The van der Waals surface area contributed by atoms with Crippen LogP contribution in [0.5, 0.6) is 5.75 Å². The Balaban J connectivity index is 1.69. The van der Waals surface area contributed by atoms with Crippen molar-refractivity contribution in [3.8, 4) is 5.75 Å². The zero-order chi connectivity index (χ0) is 23.4. The zero-order valence-electron chi connectivity index (χ0n) is 18.7. The van der Waals surface area contributed by atoms with E-state index in [1.54, 1.807) is 0 Å². The molecular formula is C31H24O2Si. The van der Waals surface area contributed by atoms with E-state index in [1.165, 1.54) is 0 Å². The number of hydrogen-bond donors (Lipinski definition) is 0. The van der Waals surface area contributed by atoms with Gasteiger partial charge in [-0.1, -0.05) is 134 Å². The van der Waals surface area contributed by atoms with Gasteiger partial charge < -0.3 is 4.74 Å². The van der Waals surface area contributed by atoms with Crippen molar-refractivity contribution in [1.82, 2.24) is 0 Å². The van der Waals surface area contributed by atoms with Crippen molar-refractivity contribution < 1.29 is 9.53 Å². The van der Waals surface area contributed by atoms with Crippen LogP contribution >= 0.6 is 0 Å². The first-order valence-corrected chi connectivity index (χ1v) is 13.3. The Morgan fingerprint density at radius 1 is 0.559 bits per heavy atom. The molecule has 5 aromatic carbocycles. The molecule has 0 aliphatic heterocycles. The van der Waals surface area contributed by atoms with Crippen LogP contribution in [0.1, 0.15) is 0 Å². The Labute approximate surface area is 200 Å². The number of esters is 1. The van der Waals surface area contributed by atoms with Crippen molar-refractivity contribution in [2.75, 3.05) is 0 Å². The smallest absolute Gasteiger partial charge is 0.335 e. The van der Waals surface area contributed by atoms with Crippen molar-refractivity contribution in [3.05, 3.63) is 145 Å². The molecule has 5 rings (SSSR count). The van der Waals surface area contributed by atoms with Gasteiger partial charge in [0.2, 0.25) is 0 Å². The lowest BCUT2D eigenvalue weighted by molar-refractivity contribution is -0.129. The number of fused-ring (bicyclic) bond motifs is 1. The minimum atomic E-state index is -2.98. The van der Waals surface area contributed by atoms with Gasteiger partial charge in [0.25, 0.3) is 0 Å². The van der Waals surface area contributed by atoms with Crippen LogP contribution in [-0.2, 0) is 4.79 Å². The summed E-state index contributed by atoms with van der Waals surface area (Å²) in [5, 5.41) is 5.68. The Hall–Kier alpha value is -4.21. The molecule has 0 atom stereocenters. The van der Waals surface area contributed by atoms with Crippen LogP contribution in [0.25, 0.3) is 10.8 Å². The molecular weight excluding hydrogens is 432 g/mol. The summed E-state index contributed by atoms with van der Waals surface area (Å²) in [5.41, 5.74) is 0. The molecule has 0 fully saturated rings. The van der Waals surface area contributed by atoms with Crippen LogP contribution in [0.15, 0.2) is 145 Å². The fourth-order valence-electron chi connectivity index (χ4n) is 4.69. The van der Waals surface area contributed by atoms with Crippen LogP contribution in [0, 0.1) is 0 Å². The van der Waals surface area contributed by atoms with Gasteiger partial charge in [-0.15, -0.1) is 0 Å². The van der Waals surface area contributed by atoms with Gasteiger partial charge in [0.15, 0.2) is 8.07 Å². The molecule has 0 spiro atoms. The van der Waals surface area contributed by atoms with E-state index in [4.69, 9.17) is 4.74 Å². The third-order valence-electron chi connectivity index (χ3n) is 6.27. The summed E-state index contributed by atoms with van der Waals surface area (Å²) in [4.78, 5) is 13.8. The molecule has 0 aromatic heterocycles. The first-order chi connectivity index (χ1) is 16.7. The largest absolute Gasteiger partial charge is 0.423 e. The van der Waals surface area contributed by atoms with E-state index in [0.29, 0.717) is 10.9 Å². The van der Waals surface area contributed by atoms with Gasteiger partial charge in [-0.25, -0.2) is 4.79 Å². The van der Waals surface area contributed by atoms with Gasteiger partial charge in [0.05, 0.1) is 0 Å². The minimum absolute atomic E-state index is 0.403. The Bertz CT molecular complexity index is 1340. The summed E-state index contributed by atoms with van der Waals surface area (Å²) in [6, 6.07) is 44.4. The molecule has 0 N–H and O–H groups in total. The van der Waals surface area contributed by atoms with E-state index in [0.717, 1.165) is 26.3 Å². The summed E-state index contributed by atoms with van der Waals surface area (Å²) >= 11 is 0. The van der Waals surface area contributed by atoms with E-state index in [-0.39, 0.29) is 0 Å². The number of hydrogen-bond acceptors (Lipinski definition) is 2. The Morgan fingerprint density at radius 2 is 1.00 bits per heavy atom. The predicted octanol–water partition coefficient (Wildman–Crippen LogP) is 5.01. The molecule has 2 nitrogen and oxygen atoms in total. The molecule has 0 amide bonds. The predicted molar refractivity (Wildman–Crippen MR) is 143 cm³/mol. The monoisotopic (exact) mass is 456 g/mol. The van der Waals surface area contributed by atoms with Gasteiger partial charge >= 0.3 is 5.97 Å². The van der Waals surface area contributed by atoms with E-state index in [2.05, 4.69) is 43.0 Å². The highest BCUT2D eigenvalue weighted by molar-refractivity contribution is 7.18. The average Bonchev–Trinajstić information content (AvgIpc) is 2.91. The van der Waals surface area contributed by atoms with Crippen molar-refractivity contribution in [2.24, 2.45) is 0 Å². The van der Waals surface area contributed by atoms with Crippen LogP contribution in [0.3, 0.4) is 0 Å². The first-order valence-electron chi connectivity index (χ1n) is 11.3. The maximum absolute atomic E-state index is 13.8. The quantitative estimate of drug-likeness (QED) is 0.118. The summed E-state index contributed by atoms with van der Waals surface area (Å²) in [6.45, 7) is 4.42. The molecule has 0 radical (unpaired) electrons. The number of benzene rings is 5. The molecule has 5 aromatic rings. The summed E-state index contributed by atoms with van der Waals surface area (Å²) in [6.07, 6.45) is 0. The van der Waals surface area contributed by atoms with E-state index in [9.17, 15) is 4.79 Å². The highest BCUT2D eigenvalue weighted by Gasteiger charge is 2.45. The summed E-state index contributed by atoms with van der Waals surface area (Å²) < 4.78 is 6.06. The first kappa shape index (κ1) is 21.6. The van der Waals surface area contributed by atoms with Crippen LogP contribution in [0.4, 0.5) is 0 Å². The number of carbonyl (C=O) groups is 1. The zero-order valence-corrected chi connectivity index (χ0v) is 19.7. The topological polar surface area (TPSA) is 26.3 Å². The fraction of sp³-hybridized carbons (Fsp3) is 0. The van der Waals surface area contributed by atoms with Crippen LogP contribution < -0.4 is 20.3 Å². The Kier molecular flexibility index (Phi) is 5.94. The summed E-state index contributed by atoms with van der Waals surface area (Å²) in [7, 11) is -2.98. The van der Waals surface area contributed by atoms with Gasteiger partial charge in [0, 0.05) is 10.6 Å². The lowest BCUT2D eigenvalue weighted by Gasteiger charge is -2.34. The molecule has 3 heteroatoms. The average molecular weight is 457 g/mol. The second kappa shape index (κ2) is 9.34. The van der Waals surface area contributed by atoms with Crippen molar-refractivity contribution in [3.63, 3.8) is 0 Å². The second-order valence-corrected chi connectivity index (χ2v) is 12.0. The molecule has 34 heavy (non-hydrogen) atoms. The van der Waals surface area contributed by atoms with E-state index < -0.39 is 14.0 Å². The van der Waals surface area contributed by atoms with Gasteiger partial charge in [-0.05, 0) is 27.0 Å². The van der Waals surface area contributed by atoms with E-state index in [1.807, 2.05) is 97.1 Å². The van der Waals surface area contributed by atoms with Gasteiger partial charge in [0.1, 0.15) is 5.75 Å². The van der Waals surface area contributed by atoms with Crippen molar-refractivity contribution >= 4 is 40.4 Å². The molecule has 0 saturated carbocycles. The highest BCUT2D eigenvalue weighted by Crippen LogP contribution is 2.27. The SMILES string of the molecule is C=C(C(=O)Oc1cccc2ccccc12)[Si](c1ccccc1)(c1ccccc1)c1ccccc1. The molecule has 0 saturated heterocycles. The maximum Gasteiger partial charge on any atom is 0.335 e. The molecule has 0 aliphatic rings. The number of carbonyl (C=O) groups excluding carboxylic acids is 1. The fourth-order valence-corrected chi connectivity index (χ4v) is 9.17. The lowest BCUT2D eigenvalue weighted by atomic mass is 10.1. The molecule has 164 valence electrons. The maximum atomic E-state index is 13.8. The second-order valence-electron chi connectivity index (χ2n) is 8.19. The highest BCUT2D eigenvalue weighted by atomic mass is 28.3. The number of ether oxygens (including phenoxy) is 1. The van der Waals surface area contributed by atoms with Crippen molar-refractivity contribution in [2.45, 2.75) is 0 Å². The normalized spacial score (nSPS) is 11.2. The third-order valence-corrected chi connectivity index (χ3v) is 11.0. The minimum Gasteiger partial charge on any atom is -0.423 e. The summed E-state index contributed by atoms with van der Waals surface area (Å²) in [5.74, 6) is 0.140. The lowest BCUT2D eigenvalue weighted by Crippen LogP contribution is -2.69. The standard InChI is InChI=1S/C31H24O2Si/c1-24(31(32)33-30-23-13-15-25-14-11-12-22-29(25)30)34(26-16-5-2-6-17-26,27-18-7-3-8-19-27)28-20-9-4-10-21-28/h2-23H,1H2. The van der Waals surface area contributed by atoms with Crippen LogP contribution in [-0.4, -0.2) is 14.0 Å². The van der Waals surface area contributed by atoms with Gasteiger partial charge in [-0.2, -0.15) is 0 Å². The Morgan fingerprint density at radius 3 is 1.53 bits per heavy atom. The number of rotatable bonds is 6.